The summed E-state index contributed by atoms with van der Waals surface area (Å²) in [5.41, 5.74) is -0.284. The van der Waals surface area contributed by atoms with Gasteiger partial charge in [0.25, 0.3) is 5.91 Å². The second kappa shape index (κ2) is 5.75. The molecule has 0 aliphatic heterocycles. The summed E-state index contributed by atoms with van der Waals surface area (Å²) in [5.74, 6) is -1.52. The van der Waals surface area contributed by atoms with Crippen LogP contribution < -0.4 is 5.32 Å². The van der Waals surface area contributed by atoms with Crippen LogP contribution >= 0.6 is 0 Å². The highest BCUT2D eigenvalue weighted by atomic mass is 16.4. The van der Waals surface area contributed by atoms with E-state index in [4.69, 9.17) is 0 Å². The van der Waals surface area contributed by atoms with Gasteiger partial charge in [-0.25, -0.2) is 14.5 Å². The van der Waals surface area contributed by atoms with E-state index >= 15 is 0 Å². The van der Waals surface area contributed by atoms with Crippen LogP contribution in [0, 0.1) is 0 Å². The summed E-state index contributed by atoms with van der Waals surface area (Å²) in [6.07, 6.45) is 3.38. The molecular formula is C15H20N4O3. The topological polar surface area (TPSA) is 97.1 Å². The number of nitrogens with zero attached hydrogens (tertiary/aromatic N) is 3. The highest BCUT2D eigenvalue weighted by molar-refractivity contribution is 5.99. The first-order chi connectivity index (χ1) is 10.3. The van der Waals surface area contributed by atoms with Gasteiger partial charge in [-0.1, -0.05) is 6.92 Å². The minimum Gasteiger partial charge on any atom is -0.480 e. The number of hydrogen-bond acceptors (Lipinski definition) is 4. The fourth-order valence-corrected chi connectivity index (χ4v) is 2.06. The van der Waals surface area contributed by atoms with Crippen molar-refractivity contribution in [2.24, 2.45) is 0 Å². The van der Waals surface area contributed by atoms with Crippen molar-refractivity contribution < 1.29 is 14.7 Å². The Labute approximate surface area is 128 Å². The molecule has 2 aromatic rings. The zero-order valence-corrected chi connectivity index (χ0v) is 13.1. The summed E-state index contributed by atoms with van der Waals surface area (Å²) in [7, 11) is 0. The predicted octanol–water partition coefficient (Wildman–Crippen LogP) is 2.00. The molecule has 1 amide bonds. The number of amides is 1. The standard InChI is InChI=1S/C15H20N4O3/c1-5-15(4,14(21)22)18-13(20)11-6-10-8-17-19(9(2)3)12(10)16-7-11/h6-9H,5H2,1-4H3,(H,18,20)(H,21,22)/t15-/m1/s1. The van der Waals surface area contributed by atoms with E-state index in [2.05, 4.69) is 15.4 Å². The van der Waals surface area contributed by atoms with E-state index in [0.29, 0.717) is 11.2 Å². The molecule has 0 fully saturated rings. The van der Waals surface area contributed by atoms with Crippen LogP contribution in [0.4, 0.5) is 0 Å². The predicted molar refractivity (Wildman–Crippen MR) is 81.7 cm³/mol. The van der Waals surface area contributed by atoms with Gasteiger partial charge < -0.3 is 10.4 Å². The van der Waals surface area contributed by atoms with E-state index < -0.39 is 17.4 Å². The highest BCUT2D eigenvalue weighted by Crippen LogP contribution is 2.17. The van der Waals surface area contributed by atoms with Crippen LogP contribution in [0.15, 0.2) is 18.5 Å². The third kappa shape index (κ3) is 2.79. The number of nitrogens with one attached hydrogen (secondary N) is 1. The SMILES string of the molecule is CC[C@@](C)(NC(=O)c1cnc2c(cnn2C(C)C)c1)C(=O)O. The van der Waals surface area contributed by atoms with Crippen molar-refractivity contribution >= 4 is 22.9 Å². The average Bonchev–Trinajstić information content (AvgIpc) is 2.89. The van der Waals surface area contributed by atoms with E-state index in [-0.39, 0.29) is 12.5 Å². The Balaban J connectivity index is 2.31. The minimum absolute atomic E-state index is 0.167. The van der Waals surface area contributed by atoms with Crippen molar-refractivity contribution in [3.8, 4) is 0 Å². The van der Waals surface area contributed by atoms with Gasteiger partial charge in [0, 0.05) is 17.6 Å². The Morgan fingerprint density at radius 2 is 2.09 bits per heavy atom. The average molecular weight is 304 g/mol. The second-order valence-electron chi connectivity index (χ2n) is 5.76. The normalized spacial score (nSPS) is 14.0. The minimum atomic E-state index is -1.30. The molecule has 1 atom stereocenters. The maximum atomic E-state index is 12.3. The van der Waals surface area contributed by atoms with Crippen LogP contribution in [-0.4, -0.2) is 37.3 Å². The molecule has 0 aromatic carbocycles. The van der Waals surface area contributed by atoms with Gasteiger partial charge in [0.2, 0.25) is 0 Å². The summed E-state index contributed by atoms with van der Waals surface area (Å²) in [6, 6.07) is 1.83. The lowest BCUT2D eigenvalue weighted by atomic mass is 9.98. The van der Waals surface area contributed by atoms with Gasteiger partial charge in [-0.2, -0.15) is 5.10 Å². The summed E-state index contributed by atoms with van der Waals surface area (Å²) >= 11 is 0. The van der Waals surface area contributed by atoms with Gasteiger partial charge in [0.05, 0.1) is 11.8 Å². The number of aromatic nitrogens is 3. The van der Waals surface area contributed by atoms with Crippen molar-refractivity contribution in [1.82, 2.24) is 20.1 Å². The van der Waals surface area contributed by atoms with E-state index in [9.17, 15) is 14.7 Å². The smallest absolute Gasteiger partial charge is 0.329 e. The molecule has 2 aromatic heterocycles. The third-order valence-electron chi connectivity index (χ3n) is 3.75. The first-order valence-electron chi connectivity index (χ1n) is 7.17. The van der Waals surface area contributed by atoms with Crippen LogP contribution in [-0.2, 0) is 4.79 Å². The molecule has 7 heteroatoms. The van der Waals surface area contributed by atoms with Gasteiger partial charge in [-0.3, -0.25) is 4.79 Å². The van der Waals surface area contributed by atoms with Gasteiger partial charge in [-0.05, 0) is 33.3 Å². The van der Waals surface area contributed by atoms with E-state index in [1.807, 2.05) is 13.8 Å². The van der Waals surface area contributed by atoms with Crippen LogP contribution in [0.3, 0.4) is 0 Å². The Hall–Kier alpha value is -2.44. The lowest BCUT2D eigenvalue weighted by Gasteiger charge is -2.24. The number of carbonyl (C=O) groups is 2. The zero-order chi connectivity index (χ0) is 16.5. The van der Waals surface area contributed by atoms with Crippen molar-refractivity contribution in [1.29, 1.82) is 0 Å². The fourth-order valence-electron chi connectivity index (χ4n) is 2.06. The van der Waals surface area contributed by atoms with E-state index in [0.717, 1.165) is 5.39 Å². The van der Waals surface area contributed by atoms with Crippen LogP contribution in [0.25, 0.3) is 11.0 Å². The van der Waals surface area contributed by atoms with Crippen molar-refractivity contribution in [2.75, 3.05) is 0 Å². The third-order valence-corrected chi connectivity index (χ3v) is 3.75. The molecule has 22 heavy (non-hydrogen) atoms. The summed E-state index contributed by atoms with van der Waals surface area (Å²) < 4.78 is 1.77. The van der Waals surface area contributed by atoms with Crippen LogP contribution in [0.5, 0.6) is 0 Å². The Morgan fingerprint density at radius 3 is 2.64 bits per heavy atom. The van der Waals surface area contributed by atoms with E-state index in [1.54, 1.807) is 23.9 Å². The van der Waals surface area contributed by atoms with Crippen LogP contribution in [0.1, 0.15) is 50.5 Å². The lowest BCUT2D eigenvalue weighted by molar-refractivity contribution is -0.143. The van der Waals surface area contributed by atoms with Crippen molar-refractivity contribution in [2.45, 2.75) is 45.7 Å². The van der Waals surface area contributed by atoms with Gasteiger partial charge >= 0.3 is 5.97 Å². The largest absolute Gasteiger partial charge is 0.480 e. The Kier molecular flexibility index (Phi) is 4.16. The molecule has 0 radical (unpaired) electrons. The molecule has 2 N–H and O–H groups in total. The van der Waals surface area contributed by atoms with Gasteiger partial charge in [0.1, 0.15) is 5.54 Å². The fraction of sp³-hybridized carbons (Fsp3) is 0.467. The number of aliphatic carboxylic acids is 1. The molecule has 2 rings (SSSR count). The number of carboxylic acids is 1. The molecule has 0 aliphatic carbocycles. The Morgan fingerprint density at radius 1 is 1.41 bits per heavy atom. The van der Waals surface area contributed by atoms with Crippen molar-refractivity contribution in [3.05, 3.63) is 24.0 Å². The number of hydrogen-bond donors (Lipinski definition) is 2. The molecule has 0 saturated heterocycles. The molecule has 7 nitrogen and oxygen atoms in total. The number of carboxylic acid groups (broad SMARTS) is 1. The Bertz CT molecular complexity index is 723. The van der Waals surface area contributed by atoms with Crippen LogP contribution in [0.2, 0.25) is 0 Å². The maximum Gasteiger partial charge on any atom is 0.329 e. The zero-order valence-electron chi connectivity index (χ0n) is 13.1. The highest BCUT2D eigenvalue weighted by Gasteiger charge is 2.33. The summed E-state index contributed by atoms with van der Waals surface area (Å²) in [4.78, 5) is 27.8. The number of fused-ring (bicyclic) bond motifs is 1. The van der Waals surface area contributed by atoms with Gasteiger partial charge in [-0.15, -0.1) is 0 Å². The molecule has 0 saturated carbocycles. The summed E-state index contributed by atoms with van der Waals surface area (Å²) in [6.45, 7) is 7.18. The molecule has 118 valence electrons. The first-order valence-corrected chi connectivity index (χ1v) is 7.17. The lowest BCUT2D eigenvalue weighted by Crippen LogP contribution is -2.51. The van der Waals surface area contributed by atoms with Crippen molar-refractivity contribution in [3.63, 3.8) is 0 Å². The monoisotopic (exact) mass is 304 g/mol. The molecular weight excluding hydrogens is 284 g/mol. The number of pyridine rings is 1. The van der Waals surface area contributed by atoms with E-state index in [1.165, 1.54) is 13.1 Å². The molecule has 2 heterocycles. The number of rotatable bonds is 5. The summed E-state index contributed by atoms with van der Waals surface area (Å²) in [5, 5.41) is 16.8. The first kappa shape index (κ1) is 15.9. The number of carbonyl (C=O) groups excluding carboxylic acids is 1. The second-order valence-corrected chi connectivity index (χ2v) is 5.76. The molecule has 0 spiro atoms. The maximum absolute atomic E-state index is 12.3. The van der Waals surface area contributed by atoms with Gasteiger partial charge in [0.15, 0.2) is 5.65 Å². The molecule has 0 unspecified atom stereocenters. The molecule has 0 bridgehead atoms. The molecule has 0 aliphatic rings. The quantitative estimate of drug-likeness (QED) is 0.880.